The van der Waals surface area contributed by atoms with Gasteiger partial charge in [-0.15, -0.1) is 0 Å². The fourth-order valence-corrected chi connectivity index (χ4v) is 3.98. The van der Waals surface area contributed by atoms with Crippen LogP contribution in [0.15, 0.2) is 36.4 Å². The minimum absolute atomic E-state index is 0.0219. The van der Waals surface area contributed by atoms with E-state index in [1.807, 2.05) is 36.4 Å². The van der Waals surface area contributed by atoms with Gasteiger partial charge in [0.25, 0.3) is 0 Å². The highest BCUT2D eigenvalue weighted by Gasteiger charge is 2.16. The molecule has 5 nitrogen and oxygen atoms in total. The number of anilines is 2. The van der Waals surface area contributed by atoms with Gasteiger partial charge in [0.05, 0.1) is 12.1 Å². The quantitative estimate of drug-likeness (QED) is 0.605. The molecule has 0 atom stereocenters. The van der Waals surface area contributed by atoms with Gasteiger partial charge in [0.15, 0.2) is 0 Å². The van der Waals surface area contributed by atoms with Crippen LogP contribution in [0.2, 0.25) is 5.02 Å². The molecule has 0 aliphatic heterocycles. The molecule has 4 rings (SSSR count). The lowest BCUT2D eigenvalue weighted by Crippen LogP contribution is -2.23. The summed E-state index contributed by atoms with van der Waals surface area (Å²) in [6.07, 6.45) is 6.08. The zero-order valence-electron chi connectivity index (χ0n) is 15.1. The Kier molecular flexibility index (Phi) is 5.14. The van der Waals surface area contributed by atoms with Gasteiger partial charge in [-0.2, -0.15) is 4.98 Å². The molecule has 0 unspecified atom stereocenters. The third kappa shape index (κ3) is 3.84. The lowest BCUT2D eigenvalue weighted by molar-refractivity contribution is 0.282. The molecule has 3 aromatic rings. The highest BCUT2D eigenvalue weighted by Crippen LogP contribution is 2.33. The Morgan fingerprint density at radius 1 is 1.07 bits per heavy atom. The summed E-state index contributed by atoms with van der Waals surface area (Å²) in [5, 5.41) is 14.6. The zero-order chi connectivity index (χ0) is 18.8. The molecule has 1 saturated carbocycles. The van der Waals surface area contributed by atoms with E-state index in [0.29, 0.717) is 11.1 Å². The van der Waals surface area contributed by atoms with E-state index in [1.54, 1.807) is 0 Å². The first-order valence-corrected chi connectivity index (χ1v) is 9.75. The molecule has 0 amide bonds. The van der Waals surface area contributed by atoms with Crippen molar-refractivity contribution >= 4 is 34.3 Å². The Balaban J connectivity index is 1.78. The van der Waals surface area contributed by atoms with Gasteiger partial charge < -0.3 is 16.2 Å². The van der Waals surface area contributed by atoms with Gasteiger partial charge in [-0.05, 0) is 48.2 Å². The first-order valence-electron chi connectivity index (χ1n) is 9.37. The van der Waals surface area contributed by atoms with Gasteiger partial charge in [0.1, 0.15) is 5.82 Å². The van der Waals surface area contributed by atoms with Gasteiger partial charge in [0.2, 0.25) is 5.95 Å². The Hall–Kier alpha value is -2.37. The van der Waals surface area contributed by atoms with E-state index < -0.39 is 0 Å². The molecule has 1 aromatic heterocycles. The zero-order valence-corrected chi connectivity index (χ0v) is 15.8. The number of nitrogens with zero attached hydrogens (tertiary/aromatic N) is 2. The predicted molar refractivity (Wildman–Crippen MR) is 111 cm³/mol. The van der Waals surface area contributed by atoms with E-state index >= 15 is 0 Å². The van der Waals surface area contributed by atoms with Crippen LogP contribution < -0.4 is 11.1 Å². The topological polar surface area (TPSA) is 84.1 Å². The molecule has 4 N–H and O–H groups in total. The van der Waals surface area contributed by atoms with Gasteiger partial charge in [0, 0.05) is 22.0 Å². The molecule has 0 spiro atoms. The van der Waals surface area contributed by atoms with Crippen LogP contribution in [0.5, 0.6) is 0 Å². The van der Waals surface area contributed by atoms with Crippen LogP contribution in [0.25, 0.3) is 22.0 Å². The van der Waals surface area contributed by atoms with Gasteiger partial charge >= 0.3 is 0 Å². The Labute approximate surface area is 163 Å². The maximum Gasteiger partial charge on any atom is 0.222 e. The Morgan fingerprint density at radius 3 is 2.67 bits per heavy atom. The summed E-state index contributed by atoms with van der Waals surface area (Å²) in [5.74, 6) is 1.05. The normalized spacial score (nSPS) is 15.2. The molecule has 6 heteroatoms. The highest BCUT2D eigenvalue weighted by molar-refractivity contribution is 6.33. The number of aliphatic hydroxyl groups excluding tert-OH is 1. The number of benzene rings is 2. The fraction of sp³-hybridized carbons (Fsp3) is 0.333. The second-order valence-electron chi connectivity index (χ2n) is 7.11. The molecular formula is C21H23ClN4O. The van der Waals surface area contributed by atoms with Crippen LogP contribution in [0, 0.1) is 0 Å². The van der Waals surface area contributed by atoms with E-state index in [9.17, 15) is 5.11 Å². The van der Waals surface area contributed by atoms with E-state index in [2.05, 4.69) is 15.3 Å². The number of nitrogen functional groups attached to an aromatic ring is 1. The summed E-state index contributed by atoms with van der Waals surface area (Å²) in [4.78, 5) is 8.84. The van der Waals surface area contributed by atoms with Crippen molar-refractivity contribution in [1.82, 2.24) is 9.97 Å². The number of hydrogen-bond donors (Lipinski definition) is 3. The largest absolute Gasteiger partial charge is 0.392 e. The third-order valence-corrected chi connectivity index (χ3v) is 5.51. The average Bonchev–Trinajstić information content (AvgIpc) is 2.69. The maximum absolute atomic E-state index is 9.44. The maximum atomic E-state index is 9.44. The van der Waals surface area contributed by atoms with Crippen LogP contribution in [0.1, 0.15) is 37.7 Å². The molecule has 0 saturated heterocycles. The molecule has 1 heterocycles. The molecule has 140 valence electrons. The number of fused-ring (bicyclic) bond motifs is 1. The second kappa shape index (κ2) is 7.71. The van der Waals surface area contributed by atoms with Crippen molar-refractivity contribution < 1.29 is 5.11 Å². The predicted octanol–water partition coefficient (Wildman–Crippen LogP) is 4.77. The van der Waals surface area contributed by atoms with Crippen molar-refractivity contribution in [1.29, 1.82) is 0 Å². The average molecular weight is 383 g/mol. The number of aromatic nitrogens is 2. The van der Waals surface area contributed by atoms with Gasteiger partial charge in [-0.1, -0.05) is 43.0 Å². The molecule has 0 bridgehead atoms. The van der Waals surface area contributed by atoms with Crippen molar-refractivity contribution in [2.45, 2.75) is 44.8 Å². The van der Waals surface area contributed by atoms with Gasteiger partial charge in [-0.3, -0.25) is 0 Å². The first-order chi connectivity index (χ1) is 13.1. The van der Waals surface area contributed by atoms with Crippen molar-refractivity contribution in [3.05, 3.63) is 47.0 Å². The molecule has 27 heavy (non-hydrogen) atoms. The number of rotatable bonds is 4. The number of aliphatic hydroxyl groups is 1. The lowest BCUT2D eigenvalue weighted by atomic mass is 9.95. The van der Waals surface area contributed by atoms with Crippen LogP contribution in [-0.2, 0) is 6.61 Å². The van der Waals surface area contributed by atoms with E-state index in [4.69, 9.17) is 17.3 Å². The summed E-state index contributed by atoms with van der Waals surface area (Å²) in [6, 6.07) is 11.9. The van der Waals surface area contributed by atoms with Crippen molar-refractivity contribution in [3.8, 4) is 11.1 Å². The fourth-order valence-electron chi connectivity index (χ4n) is 3.76. The number of nitrogens with two attached hydrogens (primary N) is 1. The summed E-state index contributed by atoms with van der Waals surface area (Å²) >= 11 is 6.41. The van der Waals surface area contributed by atoms with E-state index in [0.717, 1.165) is 46.3 Å². The highest BCUT2D eigenvalue weighted by atomic mass is 35.5. The van der Waals surface area contributed by atoms with Crippen molar-refractivity contribution in [2.75, 3.05) is 11.1 Å². The molecule has 2 aromatic carbocycles. The minimum atomic E-state index is -0.0219. The molecular weight excluding hydrogens is 360 g/mol. The smallest absolute Gasteiger partial charge is 0.222 e. The molecule has 1 fully saturated rings. The van der Waals surface area contributed by atoms with E-state index in [1.165, 1.54) is 19.3 Å². The SMILES string of the molecule is Nc1nc(NC2CCCCC2)c2cc(-c3cc(CO)ccc3Cl)ccc2n1. The molecule has 1 aliphatic rings. The van der Waals surface area contributed by atoms with Crippen molar-refractivity contribution in [3.63, 3.8) is 0 Å². The number of hydrogen-bond acceptors (Lipinski definition) is 5. The van der Waals surface area contributed by atoms with Gasteiger partial charge in [-0.25, -0.2) is 4.98 Å². The summed E-state index contributed by atoms with van der Waals surface area (Å²) in [5.41, 5.74) is 9.40. The Morgan fingerprint density at radius 2 is 1.89 bits per heavy atom. The van der Waals surface area contributed by atoms with E-state index in [-0.39, 0.29) is 12.6 Å². The summed E-state index contributed by atoms with van der Waals surface area (Å²) in [6.45, 7) is -0.0219. The van der Waals surface area contributed by atoms with Crippen LogP contribution in [0.3, 0.4) is 0 Å². The lowest BCUT2D eigenvalue weighted by Gasteiger charge is -2.24. The Bertz CT molecular complexity index is 970. The summed E-state index contributed by atoms with van der Waals surface area (Å²) in [7, 11) is 0. The van der Waals surface area contributed by atoms with Crippen LogP contribution in [0.4, 0.5) is 11.8 Å². The number of halogens is 1. The molecule has 0 radical (unpaired) electrons. The monoisotopic (exact) mass is 382 g/mol. The van der Waals surface area contributed by atoms with Crippen LogP contribution in [-0.4, -0.2) is 21.1 Å². The third-order valence-electron chi connectivity index (χ3n) is 5.18. The summed E-state index contributed by atoms with van der Waals surface area (Å²) < 4.78 is 0. The van der Waals surface area contributed by atoms with Crippen LogP contribution >= 0.6 is 11.6 Å². The minimum Gasteiger partial charge on any atom is -0.392 e. The molecule has 1 aliphatic carbocycles. The first kappa shape index (κ1) is 18.0. The second-order valence-corrected chi connectivity index (χ2v) is 7.52. The number of nitrogens with one attached hydrogen (secondary N) is 1. The van der Waals surface area contributed by atoms with Crippen molar-refractivity contribution in [2.24, 2.45) is 0 Å². The standard InChI is InChI=1S/C21H23ClN4O/c22-18-8-6-13(12-27)10-16(18)14-7-9-19-17(11-14)20(26-21(23)25-19)24-15-4-2-1-3-5-15/h6-11,15,27H,1-5,12H2,(H3,23,24,25,26).